The lowest BCUT2D eigenvalue weighted by molar-refractivity contribution is -0.140. The molecule has 0 aromatic heterocycles. The zero-order valence-electron chi connectivity index (χ0n) is 21.2. The summed E-state index contributed by atoms with van der Waals surface area (Å²) in [6.07, 6.45) is 3.37. The molecule has 0 aliphatic carbocycles. The van der Waals surface area contributed by atoms with E-state index in [1.165, 1.54) is 0 Å². The molecular weight excluding hydrogens is 440 g/mol. The van der Waals surface area contributed by atoms with Gasteiger partial charge in [0, 0.05) is 30.1 Å². The van der Waals surface area contributed by atoms with Gasteiger partial charge in [-0.1, -0.05) is 56.2 Å². The lowest BCUT2D eigenvalue weighted by Gasteiger charge is -2.35. The fourth-order valence-electron chi connectivity index (χ4n) is 4.54. The number of aryl methyl sites for hydroxylation is 1. The van der Waals surface area contributed by atoms with Gasteiger partial charge in [-0.15, -0.1) is 0 Å². The van der Waals surface area contributed by atoms with Gasteiger partial charge in [0.25, 0.3) is 5.91 Å². The molecule has 6 nitrogen and oxygen atoms in total. The highest BCUT2D eigenvalue weighted by atomic mass is 16.5. The number of benzene rings is 2. The maximum atomic E-state index is 13.3. The van der Waals surface area contributed by atoms with Crippen molar-refractivity contribution in [2.24, 2.45) is 0 Å². The summed E-state index contributed by atoms with van der Waals surface area (Å²) in [5, 5.41) is 2.94. The normalized spacial score (nSPS) is 15.8. The molecule has 1 aliphatic rings. The molecule has 3 rings (SSSR count). The minimum atomic E-state index is -0.383. The molecule has 1 atom stereocenters. The van der Waals surface area contributed by atoms with Crippen molar-refractivity contribution in [3.05, 3.63) is 82.1 Å². The van der Waals surface area contributed by atoms with Crippen molar-refractivity contribution in [3.8, 4) is 0 Å². The number of hydrogen-bond acceptors (Lipinski definition) is 4. The van der Waals surface area contributed by atoms with Crippen LogP contribution in [0.25, 0.3) is 0 Å². The molecule has 2 aromatic carbocycles. The summed E-state index contributed by atoms with van der Waals surface area (Å²) >= 11 is 0. The van der Waals surface area contributed by atoms with Crippen LogP contribution in [0, 0.1) is 6.92 Å². The Balaban J connectivity index is 1.83. The zero-order valence-corrected chi connectivity index (χ0v) is 21.2. The maximum absolute atomic E-state index is 13.3. The van der Waals surface area contributed by atoms with Crippen LogP contribution in [0.1, 0.15) is 79.4 Å². The van der Waals surface area contributed by atoms with Crippen LogP contribution in [-0.4, -0.2) is 35.8 Å². The first-order valence-electron chi connectivity index (χ1n) is 12.5. The summed E-state index contributed by atoms with van der Waals surface area (Å²) in [6.45, 7) is 8.98. The van der Waals surface area contributed by atoms with Crippen molar-refractivity contribution in [1.82, 2.24) is 10.2 Å². The quantitative estimate of drug-likeness (QED) is 0.374. The zero-order chi connectivity index (χ0) is 25.4. The minimum Gasteiger partial charge on any atom is -0.463 e. The van der Waals surface area contributed by atoms with E-state index in [0.717, 1.165) is 36.0 Å². The fraction of sp³-hybridized carbons (Fsp3) is 0.414. The van der Waals surface area contributed by atoms with Crippen LogP contribution in [0.5, 0.6) is 0 Å². The predicted octanol–water partition coefficient (Wildman–Crippen LogP) is 5.27. The predicted molar refractivity (Wildman–Crippen MR) is 137 cm³/mol. The van der Waals surface area contributed by atoms with Crippen molar-refractivity contribution < 1.29 is 19.1 Å². The van der Waals surface area contributed by atoms with E-state index in [1.807, 2.05) is 50.2 Å². The molecule has 0 fully saturated rings. The summed E-state index contributed by atoms with van der Waals surface area (Å²) < 4.78 is 5.39. The van der Waals surface area contributed by atoms with Gasteiger partial charge in [0.1, 0.15) is 0 Å². The van der Waals surface area contributed by atoms with Gasteiger partial charge in [0.05, 0.1) is 18.7 Å². The van der Waals surface area contributed by atoms with E-state index >= 15 is 0 Å². The molecular formula is C29H36N2O4. The molecule has 0 saturated carbocycles. The average Bonchev–Trinajstić information content (AvgIpc) is 2.84. The molecule has 0 saturated heterocycles. The van der Waals surface area contributed by atoms with Gasteiger partial charge in [-0.25, -0.2) is 4.79 Å². The molecule has 6 heteroatoms. The van der Waals surface area contributed by atoms with Crippen LogP contribution in [0.4, 0.5) is 0 Å². The Bertz CT molecular complexity index is 1090. The van der Waals surface area contributed by atoms with Crippen LogP contribution in [0.3, 0.4) is 0 Å². The Morgan fingerprint density at radius 1 is 1.03 bits per heavy atom. The van der Waals surface area contributed by atoms with E-state index in [2.05, 4.69) is 12.2 Å². The molecule has 2 aromatic rings. The largest absolute Gasteiger partial charge is 0.463 e. The summed E-state index contributed by atoms with van der Waals surface area (Å²) in [5.41, 5.74) is 4.63. The third-order valence-corrected chi connectivity index (χ3v) is 6.50. The number of allylic oxidation sites excluding steroid dienone is 1. The maximum Gasteiger partial charge on any atom is 0.336 e. The van der Waals surface area contributed by atoms with E-state index in [9.17, 15) is 14.4 Å². The summed E-state index contributed by atoms with van der Waals surface area (Å²) in [7, 11) is 0. The Kier molecular flexibility index (Phi) is 9.24. The molecule has 35 heavy (non-hydrogen) atoms. The first-order chi connectivity index (χ1) is 16.9. The molecule has 1 heterocycles. The van der Waals surface area contributed by atoms with Gasteiger partial charge in [-0.05, 0) is 56.0 Å². The molecule has 1 unspecified atom stereocenters. The summed E-state index contributed by atoms with van der Waals surface area (Å²) in [5.74, 6) is -0.853. The van der Waals surface area contributed by atoms with Crippen molar-refractivity contribution >= 4 is 17.8 Å². The highest BCUT2D eigenvalue weighted by Crippen LogP contribution is 2.38. The molecule has 1 N–H and O–H groups in total. The number of nitrogens with one attached hydrogen (secondary N) is 1. The van der Waals surface area contributed by atoms with Crippen molar-refractivity contribution in [2.75, 3.05) is 13.2 Å². The lowest BCUT2D eigenvalue weighted by Crippen LogP contribution is -2.38. The van der Waals surface area contributed by atoms with Gasteiger partial charge < -0.3 is 15.0 Å². The van der Waals surface area contributed by atoms with Crippen LogP contribution >= 0.6 is 0 Å². The van der Waals surface area contributed by atoms with Gasteiger partial charge in [0.2, 0.25) is 5.91 Å². The molecule has 186 valence electrons. The SMILES string of the molecule is CCCCCNC(=O)c1ccc(CN2C(=O)CC(c3ccccc3C)C(C(=O)OCC)=C2C)cc1. The van der Waals surface area contributed by atoms with E-state index in [0.29, 0.717) is 29.9 Å². The second kappa shape index (κ2) is 12.3. The van der Waals surface area contributed by atoms with E-state index < -0.39 is 0 Å². The number of unbranched alkanes of at least 4 members (excludes halogenated alkanes) is 2. The monoisotopic (exact) mass is 476 g/mol. The molecule has 2 amide bonds. The number of carbonyl (C=O) groups is 3. The molecule has 1 aliphatic heterocycles. The Morgan fingerprint density at radius 3 is 2.40 bits per heavy atom. The third kappa shape index (κ3) is 6.38. The molecule has 0 bridgehead atoms. The number of carbonyl (C=O) groups excluding carboxylic acids is 3. The van der Waals surface area contributed by atoms with Gasteiger partial charge in [-0.3, -0.25) is 9.59 Å². The van der Waals surface area contributed by atoms with E-state index in [1.54, 1.807) is 24.0 Å². The number of nitrogens with zero attached hydrogens (tertiary/aromatic N) is 1. The number of rotatable bonds is 10. The summed E-state index contributed by atoms with van der Waals surface area (Å²) in [6, 6.07) is 15.1. The fourth-order valence-corrected chi connectivity index (χ4v) is 4.54. The highest BCUT2D eigenvalue weighted by Gasteiger charge is 2.37. The van der Waals surface area contributed by atoms with Crippen LogP contribution in [-0.2, 0) is 20.9 Å². The molecule has 0 radical (unpaired) electrons. The smallest absolute Gasteiger partial charge is 0.336 e. The topological polar surface area (TPSA) is 75.7 Å². The number of esters is 1. The highest BCUT2D eigenvalue weighted by molar-refractivity contribution is 5.96. The van der Waals surface area contributed by atoms with Crippen molar-refractivity contribution in [3.63, 3.8) is 0 Å². The van der Waals surface area contributed by atoms with Crippen molar-refractivity contribution in [2.45, 2.75) is 65.8 Å². The molecule has 0 spiro atoms. The minimum absolute atomic E-state index is 0.0402. The van der Waals surface area contributed by atoms with E-state index in [4.69, 9.17) is 4.74 Å². The first kappa shape index (κ1) is 26.2. The second-order valence-electron chi connectivity index (χ2n) is 8.97. The Hall–Kier alpha value is -3.41. The van der Waals surface area contributed by atoms with E-state index in [-0.39, 0.29) is 36.7 Å². The van der Waals surface area contributed by atoms with Crippen LogP contribution < -0.4 is 5.32 Å². The Morgan fingerprint density at radius 2 is 1.74 bits per heavy atom. The van der Waals surface area contributed by atoms with Gasteiger partial charge >= 0.3 is 5.97 Å². The van der Waals surface area contributed by atoms with Gasteiger partial charge in [0.15, 0.2) is 0 Å². The number of amides is 2. The van der Waals surface area contributed by atoms with Crippen LogP contribution in [0.2, 0.25) is 0 Å². The van der Waals surface area contributed by atoms with Gasteiger partial charge in [-0.2, -0.15) is 0 Å². The summed E-state index contributed by atoms with van der Waals surface area (Å²) in [4.78, 5) is 40.3. The third-order valence-electron chi connectivity index (χ3n) is 6.50. The Labute approximate surface area is 208 Å². The van der Waals surface area contributed by atoms with Crippen LogP contribution in [0.15, 0.2) is 59.8 Å². The first-order valence-corrected chi connectivity index (χ1v) is 12.5. The second-order valence-corrected chi connectivity index (χ2v) is 8.97. The lowest BCUT2D eigenvalue weighted by atomic mass is 9.81. The average molecular weight is 477 g/mol. The number of ether oxygens (including phenoxy) is 1. The number of hydrogen-bond donors (Lipinski definition) is 1. The van der Waals surface area contributed by atoms with Crippen molar-refractivity contribution in [1.29, 1.82) is 0 Å². The standard InChI is InChI=1S/C29H36N2O4/c1-5-7-10-17-30-28(33)23-15-13-22(14-16-23)19-31-21(4)27(29(34)35-6-2)25(18-26(31)32)24-12-9-8-11-20(24)3/h8-9,11-16,25H,5-7,10,17-19H2,1-4H3,(H,30,33).